The van der Waals surface area contributed by atoms with Gasteiger partial charge in [-0.2, -0.15) is 9.97 Å². The molecule has 3 aliphatic rings. The molecule has 232 valence electrons. The highest BCUT2D eigenvalue weighted by molar-refractivity contribution is 7.16. The standard InChI is InChI=1S/C32H30F3N7O2S/c1-19(33)30(43)42-12-11-40(16-21(42)14-36-2)29-24-8-7-22(23-5-3-6-25-27(23)37-18-45-25)26(35)28(24)38-31(39-29)44-17-32-9-4-10-41(32)15-20(34)13-32/h3,5-8,18,20-21H,1,4,9-17H2/t20-,21+,32?/m1/s1. The van der Waals surface area contributed by atoms with Crippen molar-refractivity contribution in [2.75, 3.05) is 50.8 Å². The van der Waals surface area contributed by atoms with Crippen LogP contribution in [0.1, 0.15) is 19.3 Å². The van der Waals surface area contributed by atoms with Crippen molar-refractivity contribution >= 4 is 44.2 Å². The van der Waals surface area contributed by atoms with E-state index in [0.717, 1.165) is 24.1 Å². The molecule has 3 fully saturated rings. The van der Waals surface area contributed by atoms with Crippen LogP contribution in [0.5, 0.6) is 6.01 Å². The first-order valence-electron chi connectivity index (χ1n) is 14.9. The van der Waals surface area contributed by atoms with E-state index in [1.165, 1.54) is 16.2 Å². The molecule has 7 rings (SSSR count). The van der Waals surface area contributed by atoms with Crippen molar-refractivity contribution in [2.45, 2.75) is 37.0 Å². The minimum atomic E-state index is -1.09. The first-order valence-corrected chi connectivity index (χ1v) is 15.7. The van der Waals surface area contributed by atoms with E-state index in [-0.39, 0.29) is 44.3 Å². The molecule has 5 heterocycles. The van der Waals surface area contributed by atoms with E-state index in [1.807, 2.05) is 23.1 Å². The number of hydrogen-bond acceptors (Lipinski definition) is 8. The lowest BCUT2D eigenvalue weighted by atomic mass is 9.95. The Hall–Kier alpha value is -4.28. The van der Waals surface area contributed by atoms with Crippen molar-refractivity contribution in [3.05, 3.63) is 65.5 Å². The number of anilines is 1. The smallest absolute Gasteiger partial charge is 0.319 e. The number of rotatable bonds is 7. The van der Waals surface area contributed by atoms with Crippen LogP contribution in [-0.2, 0) is 4.79 Å². The third kappa shape index (κ3) is 5.15. The molecule has 13 heteroatoms. The number of benzene rings is 2. The molecule has 1 amide bonds. The largest absolute Gasteiger partial charge is 0.461 e. The number of nitrogens with zero attached hydrogens (tertiary/aromatic N) is 7. The Morgan fingerprint density at radius 3 is 2.84 bits per heavy atom. The summed E-state index contributed by atoms with van der Waals surface area (Å²) in [7, 11) is 0. The van der Waals surface area contributed by atoms with E-state index in [0.29, 0.717) is 40.8 Å². The zero-order valence-electron chi connectivity index (χ0n) is 24.4. The summed E-state index contributed by atoms with van der Waals surface area (Å²) in [6, 6.07) is 8.36. The topological polar surface area (TPSA) is 79.1 Å². The molecule has 0 spiro atoms. The maximum absolute atomic E-state index is 16.6. The van der Waals surface area contributed by atoms with Crippen LogP contribution in [0.3, 0.4) is 0 Å². The van der Waals surface area contributed by atoms with Crippen LogP contribution in [0.15, 0.2) is 48.2 Å². The average molecular weight is 634 g/mol. The molecular formula is C32H30F3N7O2S. The molecule has 4 aromatic rings. The van der Waals surface area contributed by atoms with Gasteiger partial charge >= 0.3 is 6.01 Å². The predicted molar refractivity (Wildman–Crippen MR) is 166 cm³/mol. The van der Waals surface area contributed by atoms with E-state index in [2.05, 4.69) is 26.3 Å². The third-order valence-corrected chi connectivity index (χ3v) is 10.0. The summed E-state index contributed by atoms with van der Waals surface area (Å²) in [4.78, 5) is 35.0. The van der Waals surface area contributed by atoms with E-state index in [1.54, 1.807) is 17.6 Å². The van der Waals surface area contributed by atoms with Gasteiger partial charge < -0.3 is 19.4 Å². The molecular weight excluding hydrogens is 603 g/mol. The van der Waals surface area contributed by atoms with E-state index >= 15 is 4.39 Å². The number of aromatic nitrogens is 3. The second-order valence-electron chi connectivity index (χ2n) is 11.9. The monoisotopic (exact) mass is 633 g/mol. The van der Waals surface area contributed by atoms with Crippen LogP contribution in [0.4, 0.5) is 19.0 Å². The number of thiazole rings is 1. The number of para-hydroxylation sites is 1. The third-order valence-electron chi connectivity index (χ3n) is 9.22. The number of hydrogen-bond donors (Lipinski definition) is 0. The number of carbonyl (C=O) groups excluding carboxylic acids is 1. The quantitative estimate of drug-likeness (QED) is 0.199. The number of carbonyl (C=O) groups is 1. The molecule has 3 saturated heterocycles. The van der Waals surface area contributed by atoms with Crippen LogP contribution in [0.25, 0.3) is 37.1 Å². The van der Waals surface area contributed by atoms with Gasteiger partial charge in [0.2, 0.25) is 6.54 Å². The lowest BCUT2D eigenvalue weighted by molar-refractivity contribution is -0.131. The van der Waals surface area contributed by atoms with Gasteiger partial charge in [0.1, 0.15) is 30.2 Å². The second kappa shape index (κ2) is 11.6. The average Bonchev–Trinajstić information content (AvgIpc) is 3.74. The lowest BCUT2D eigenvalue weighted by Gasteiger charge is -2.39. The van der Waals surface area contributed by atoms with Crippen LogP contribution in [0, 0.1) is 12.4 Å². The maximum atomic E-state index is 16.6. The van der Waals surface area contributed by atoms with Crippen molar-refractivity contribution < 1.29 is 22.7 Å². The number of halogens is 3. The molecule has 0 aliphatic carbocycles. The van der Waals surface area contributed by atoms with Crippen molar-refractivity contribution in [2.24, 2.45) is 0 Å². The van der Waals surface area contributed by atoms with Gasteiger partial charge in [-0.1, -0.05) is 24.8 Å². The lowest BCUT2D eigenvalue weighted by Crippen LogP contribution is -2.56. The van der Waals surface area contributed by atoms with Crippen molar-refractivity contribution in [3.63, 3.8) is 0 Å². The van der Waals surface area contributed by atoms with Crippen LogP contribution in [-0.4, -0.2) is 94.3 Å². The van der Waals surface area contributed by atoms with Gasteiger partial charge in [-0.3, -0.25) is 9.69 Å². The minimum Gasteiger partial charge on any atom is -0.461 e. The summed E-state index contributed by atoms with van der Waals surface area (Å²) in [5.41, 5.74) is 2.96. The molecule has 0 bridgehead atoms. The van der Waals surface area contributed by atoms with Gasteiger partial charge in [-0.05, 0) is 31.5 Å². The fourth-order valence-corrected chi connectivity index (χ4v) is 7.83. The molecule has 3 atom stereocenters. The Kier molecular flexibility index (Phi) is 7.57. The molecule has 2 aromatic carbocycles. The number of fused-ring (bicyclic) bond motifs is 3. The summed E-state index contributed by atoms with van der Waals surface area (Å²) in [6.07, 6.45) is 1.15. The minimum absolute atomic E-state index is 0.0404. The number of amides is 1. The normalized spacial score (nSPS) is 23.4. The Morgan fingerprint density at radius 1 is 1.16 bits per heavy atom. The summed E-state index contributed by atoms with van der Waals surface area (Å²) < 4.78 is 52.0. The van der Waals surface area contributed by atoms with E-state index in [4.69, 9.17) is 16.3 Å². The highest BCUT2D eigenvalue weighted by Gasteiger charge is 2.49. The first-order chi connectivity index (χ1) is 21.8. The number of alkyl halides is 1. The molecule has 1 unspecified atom stereocenters. The number of ether oxygens (including phenoxy) is 1. The first kappa shape index (κ1) is 29.4. The van der Waals surface area contributed by atoms with Crippen molar-refractivity contribution in [1.82, 2.24) is 24.8 Å². The van der Waals surface area contributed by atoms with Gasteiger partial charge in [-0.25, -0.2) is 24.7 Å². The van der Waals surface area contributed by atoms with Gasteiger partial charge in [0.15, 0.2) is 11.6 Å². The second-order valence-corrected chi connectivity index (χ2v) is 12.8. The van der Waals surface area contributed by atoms with E-state index in [9.17, 15) is 13.6 Å². The molecule has 9 nitrogen and oxygen atoms in total. The maximum Gasteiger partial charge on any atom is 0.319 e. The summed E-state index contributed by atoms with van der Waals surface area (Å²) >= 11 is 1.47. The SMILES string of the molecule is [C-]#[N+]C[C@H]1CN(c2nc(OCC34CCCN3C[C@H](F)C4)nc3c(F)c(-c4cccc5scnc45)ccc23)CCN1C(=O)C(=C)F. The Bertz CT molecular complexity index is 1860. The fourth-order valence-electron chi connectivity index (χ4n) is 7.12. The summed E-state index contributed by atoms with van der Waals surface area (Å²) in [5.74, 6) is -2.12. The molecule has 0 radical (unpaired) electrons. The van der Waals surface area contributed by atoms with Crippen molar-refractivity contribution in [3.8, 4) is 17.1 Å². The Morgan fingerprint density at radius 2 is 2.02 bits per heavy atom. The summed E-state index contributed by atoms with van der Waals surface area (Å²) in [6.45, 7) is 12.4. The molecule has 0 saturated carbocycles. The van der Waals surface area contributed by atoms with Crippen LogP contribution >= 0.6 is 11.3 Å². The Balaban J connectivity index is 1.30. The zero-order chi connectivity index (χ0) is 31.3. The van der Waals surface area contributed by atoms with Crippen LogP contribution in [0.2, 0.25) is 0 Å². The number of piperazine rings is 1. The Labute approximate surface area is 261 Å². The molecule has 3 aliphatic heterocycles. The highest BCUT2D eigenvalue weighted by atomic mass is 32.1. The molecule has 2 aromatic heterocycles. The van der Waals surface area contributed by atoms with Gasteiger partial charge in [-0.15, -0.1) is 11.3 Å². The van der Waals surface area contributed by atoms with Gasteiger partial charge in [0.25, 0.3) is 5.91 Å². The predicted octanol–water partition coefficient (Wildman–Crippen LogP) is 5.42. The van der Waals surface area contributed by atoms with E-state index < -0.39 is 35.3 Å². The molecule has 0 N–H and O–H groups in total. The fraction of sp³-hybridized carbons (Fsp3) is 0.406. The van der Waals surface area contributed by atoms with Gasteiger partial charge in [0.05, 0.1) is 21.3 Å². The van der Waals surface area contributed by atoms with Crippen LogP contribution < -0.4 is 9.64 Å². The van der Waals surface area contributed by atoms with Crippen molar-refractivity contribution in [1.29, 1.82) is 0 Å². The summed E-state index contributed by atoms with van der Waals surface area (Å²) in [5, 5.41) is 0.427. The molecule has 45 heavy (non-hydrogen) atoms. The highest BCUT2D eigenvalue weighted by Crippen LogP contribution is 2.41. The van der Waals surface area contributed by atoms with Gasteiger partial charge in [0, 0.05) is 49.1 Å². The zero-order valence-corrected chi connectivity index (χ0v) is 25.2.